The lowest BCUT2D eigenvalue weighted by Gasteiger charge is -2.39. The Balaban J connectivity index is 1.51. The van der Waals surface area contributed by atoms with Gasteiger partial charge in [-0.2, -0.15) is 0 Å². The van der Waals surface area contributed by atoms with Crippen molar-refractivity contribution < 1.29 is 14.3 Å². The van der Waals surface area contributed by atoms with Gasteiger partial charge in [-0.1, -0.05) is 48.5 Å². The number of para-hydroxylation sites is 1. The summed E-state index contributed by atoms with van der Waals surface area (Å²) in [6.07, 6.45) is 4.01. The molecule has 1 aliphatic rings. The number of likely N-dealkylation sites (N-methyl/N-ethyl adjacent to an activating group) is 1. The Kier molecular flexibility index (Phi) is 6.26. The summed E-state index contributed by atoms with van der Waals surface area (Å²) >= 11 is 0. The second-order valence-corrected chi connectivity index (χ2v) is 7.61. The highest BCUT2D eigenvalue weighted by Gasteiger charge is 2.36. The van der Waals surface area contributed by atoms with E-state index in [0.29, 0.717) is 25.3 Å². The summed E-state index contributed by atoms with van der Waals surface area (Å²) in [7, 11) is 1.78. The van der Waals surface area contributed by atoms with Gasteiger partial charge >= 0.3 is 0 Å². The van der Waals surface area contributed by atoms with Gasteiger partial charge in [-0.15, -0.1) is 0 Å². The molecule has 0 bridgehead atoms. The molecule has 1 fully saturated rings. The van der Waals surface area contributed by atoms with E-state index >= 15 is 0 Å². The highest BCUT2D eigenvalue weighted by atomic mass is 16.5. The average Bonchev–Trinajstić information content (AvgIpc) is 2.82. The van der Waals surface area contributed by atoms with E-state index in [1.54, 1.807) is 23.0 Å². The lowest BCUT2D eigenvalue weighted by atomic mass is 9.98. The van der Waals surface area contributed by atoms with Crippen LogP contribution in [0.2, 0.25) is 0 Å². The van der Waals surface area contributed by atoms with E-state index in [0.717, 1.165) is 16.7 Å². The van der Waals surface area contributed by atoms with Crippen molar-refractivity contribution in [2.45, 2.75) is 12.5 Å². The number of carbonyl (C=O) groups excluding carboxylic acids is 2. The molecule has 0 radical (unpaired) electrons. The molecule has 2 heterocycles. The van der Waals surface area contributed by atoms with Crippen LogP contribution in [0.15, 0.2) is 79.1 Å². The molecule has 0 aliphatic carbocycles. The van der Waals surface area contributed by atoms with Crippen LogP contribution in [0.25, 0.3) is 11.1 Å². The van der Waals surface area contributed by atoms with Gasteiger partial charge < -0.3 is 14.5 Å². The van der Waals surface area contributed by atoms with Gasteiger partial charge in [0.25, 0.3) is 5.91 Å². The van der Waals surface area contributed by atoms with E-state index in [1.165, 1.54) is 0 Å². The van der Waals surface area contributed by atoms with Crippen LogP contribution in [0.4, 0.5) is 0 Å². The maximum absolute atomic E-state index is 13.0. The van der Waals surface area contributed by atoms with Crippen molar-refractivity contribution in [3.05, 3.63) is 84.7 Å². The molecule has 0 N–H and O–H groups in total. The van der Waals surface area contributed by atoms with Crippen molar-refractivity contribution in [2.75, 3.05) is 26.7 Å². The molecule has 4 rings (SSSR count). The number of hydrogen-bond donors (Lipinski definition) is 0. The first kappa shape index (κ1) is 20.6. The fourth-order valence-electron chi connectivity index (χ4n) is 3.79. The zero-order valence-corrected chi connectivity index (χ0v) is 17.5. The number of aromatic nitrogens is 1. The van der Waals surface area contributed by atoms with Crippen molar-refractivity contribution in [2.24, 2.45) is 0 Å². The Morgan fingerprint density at radius 2 is 1.84 bits per heavy atom. The monoisotopic (exact) mass is 415 g/mol. The summed E-state index contributed by atoms with van der Waals surface area (Å²) in [4.78, 5) is 33.4. The van der Waals surface area contributed by atoms with Gasteiger partial charge in [0, 0.05) is 39.0 Å². The summed E-state index contributed by atoms with van der Waals surface area (Å²) in [5.74, 6) is 0.404. The number of ether oxygens (including phenoxy) is 1. The molecule has 2 amide bonds. The molecule has 0 unspecified atom stereocenters. The molecule has 0 saturated carbocycles. The predicted molar refractivity (Wildman–Crippen MR) is 118 cm³/mol. The van der Waals surface area contributed by atoms with Crippen molar-refractivity contribution >= 4 is 11.8 Å². The van der Waals surface area contributed by atoms with Crippen LogP contribution in [0.5, 0.6) is 5.75 Å². The lowest BCUT2D eigenvalue weighted by Crippen LogP contribution is -2.59. The fraction of sp³-hybridized carbons (Fsp3) is 0.240. The Labute approximate surface area is 182 Å². The Morgan fingerprint density at radius 3 is 2.61 bits per heavy atom. The van der Waals surface area contributed by atoms with E-state index in [1.807, 2.05) is 66.9 Å². The molecule has 1 saturated heterocycles. The largest absolute Gasteiger partial charge is 0.484 e. The average molecular weight is 415 g/mol. The number of rotatable bonds is 6. The number of carbonyl (C=O) groups is 2. The van der Waals surface area contributed by atoms with Gasteiger partial charge in [0.1, 0.15) is 11.8 Å². The molecule has 6 nitrogen and oxygen atoms in total. The minimum Gasteiger partial charge on any atom is -0.484 e. The SMILES string of the molecule is CN1CCN(C(=O)COc2ccccc2)[C@H](Cc2cccc(-c3cccnc3)c2)C1=O. The van der Waals surface area contributed by atoms with E-state index in [4.69, 9.17) is 4.74 Å². The second-order valence-electron chi connectivity index (χ2n) is 7.61. The molecule has 1 aromatic heterocycles. The van der Waals surface area contributed by atoms with Gasteiger partial charge in [-0.05, 0) is 34.9 Å². The second kappa shape index (κ2) is 9.43. The van der Waals surface area contributed by atoms with Crippen LogP contribution in [-0.2, 0) is 16.0 Å². The van der Waals surface area contributed by atoms with Crippen LogP contribution in [0.3, 0.4) is 0 Å². The zero-order valence-electron chi connectivity index (χ0n) is 17.5. The van der Waals surface area contributed by atoms with Gasteiger partial charge in [-0.25, -0.2) is 0 Å². The Hall–Kier alpha value is -3.67. The van der Waals surface area contributed by atoms with Crippen LogP contribution in [0.1, 0.15) is 5.56 Å². The van der Waals surface area contributed by atoms with Crippen LogP contribution in [-0.4, -0.2) is 59.4 Å². The summed E-state index contributed by atoms with van der Waals surface area (Å²) < 4.78 is 5.64. The summed E-state index contributed by atoms with van der Waals surface area (Å²) in [5, 5.41) is 0. The quantitative estimate of drug-likeness (QED) is 0.621. The first-order valence-electron chi connectivity index (χ1n) is 10.3. The van der Waals surface area contributed by atoms with Crippen LogP contribution < -0.4 is 4.74 Å². The minimum absolute atomic E-state index is 0.0499. The van der Waals surface area contributed by atoms with Crippen molar-refractivity contribution in [1.82, 2.24) is 14.8 Å². The maximum atomic E-state index is 13.0. The molecule has 6 heteroatoms. The minimum atomic E-state index is -0.547. The van der Waals surface area contributed by atoms with Gasteiger partial charge in [0.2, 0.25) is 5.91 Å². The van der Waals surface area contributed by atoms with Crippen molar-refractivity contribution in [3.8, 4) is 16.9 Å². The van der Waals surface area contributed by atoms with Crippen LogP contribution in [0, 0.1) is 0 Å². The summed E-state index contributed by atoms with van der Waals surface area (Å²) in [5.41, 5.74) is 3.05. The molecule has 3 aromatic rings. The predicted octanol–water partition coefficient (Wildman–Crippen LogP) is 3.04. The molecular formula is C25H25N3O3. The normalized spacial score (nSPS) is 16.3. The molecule has 31 heavy (non-hydrogen) atoms. The fourth-order valence-corrected chi connectivity index (χ4v) is 3.79. The highest BCUT2D eigenvalue weighted by molar-refractivity contribution is 5.89. The van der Waals surface area contributed by atoms with E-state index in [9.17, 15) is 9.59 Å². The molecule has 0 spiro atoms. The van der Waals surface area contributed by atoms with E-state index in [2.05, 4.69) is 11.1 Å². The molecule has 2 aromatic carbocycles. The number of amides is 2. The van der Waals surface area contributed by atoms with Crippen molar-refractivity contribution in [3.63, 3.8) is 0 Å². The molecule has 1 atom stereocenters. The first-order valence-corrected chi connectivity index (χ1v) is 10.3. The van der Waals surface area contributed by atoms with Gasteiger partial charge in [-0.3, -0.25) is 14.6 Å². The van der Waals surface area contributed by atoms with Crippen molar-refractivity contribution in [1.29, 1.82) is 0 Å². The topological polar surface area (TPSA) is 62.7 Å². The smallest absolute Gasteiger partial charge is 0.261 e. The standard InChI is InChI=1S/C25H25N3O3/c1-27-13-14-28(24(29)18-31-22-10-3-2-4-11-22)23(25(27)30)16-19-7-5-8-20(15-19)21-9-6-12-26-17-21/h2-12,15,17,23H,13-14,16,18H2,1H3/t23-/m1/s1. The number of benzene rings is 2. The van der Waals surface area contributed by atoms with E-state index < -0.39 is 6.04 Å². The summed E-state index contributed by atoms with van der Waals surface area (Å²) in [6, 6.07) is 20.6. The molecule has 1 aliphatic heterocycles. The van der Waals surface area contributed by atoms with Crippen LogP contribution >= 0.6 is 0 Å². The molecular weight excluding hydrogens is 390 g/mol. The lowest BCUT2D eigenvalue weighted by molar-refractivity contribution is -0.151. The molecule has 158 valence electrons. The Morgan fingerprint density at radius 1 is 1.03 bits per heavy atom. The van der Waals surface area contributed by atoms with Gasteiger partial charge in [0.15, 0.2) is 6.61 Å². The third kappa shape index (κ3) is 4.91. The third-order valence-corrected chi connectivity index (χ3v) is 5.49. The highest BCUT2D eigenvalue weighted by Crippen LogP contribution is 2.22. The third-order valence-electron chi connectivity index (χ3n) is 5.49. The maximum Gasteiger partial charge on any atom is 0.261 e. The first-order chi connectivity index (χ1) is 15.1. The zero-order chi connectivity index (χ0) is 21.6. The van der Waals surface area contributed by atoms with Gasteiger partial charge in [0.05, 0.1) is 0 Å². The number of hydrogen-bond acceptors (Lipinski definition) is 4. The Bertz CT molecular complexity index is 1040. The number of pyridine rings is 1. The van der Waals surface area contributed by atoms with E-state index in [-0.39, 0.29) is 18.4 Å². The number of nitrogens with zero attached hydrogens (tertiary/aromatic N) is 3. The summed E-state index contributed by atoms with van der Waals surface area (Å²) in [6.45, 7) is 0.918. The number of piperazine rings is 1.